The Morgan fingerprint density at radius 1 is 1.24 bits per heavy atom. The summed E-state index contributed by atoms with van der Waals surface area (Å²) in [5, 5.41) is 5.27. The van der Waals surface area contributed by atoms with Crippen LogP contribution in [0.5, 0.6) is 0 Å². The first-order chi connectivity index (χ1) is 17.8. The summed E-state index contributed by atoms with van der Waals surface area (Å²) in [6, 6.07) is 4.98. The van der Waals surface area contributed by atoms with Crippen molar-refractivity contribution in [1.29, 1.82) is 0 Å². The first kappa shape index (κ1) is 24.2. The Hall–Kier alpha value is -3.15. The van der Waals surface area contributed by atoms with Crippen LogP contribution in [0.15, 0.2) is 30.6 Å². The van der Waals surface area contributed by atoms with Crippen LogP contribution >= 0.6 is 22.9 Å². The smallest absolute Gasteiger partial charge is 0.228 e. The zero-order valence-corrected chi connectivity index (χ0v) is 22.1. The molecule has 0 N–H and O–H groups in total. The third-order valence-electron chi connectivity index (χ3n) is 6.63. The topological polar surface area (TPSA) is 89.3 Å². The number of aromatic nitrogens is 5. The second-order valence-electron chi connectivity index (χ2n) is 9.55. The Morgan fingerprint density at radius 3 is 2.78 bits per heavy atom. The van der Waals surface area contributed by atoms with Crippen LogP contribution in [-0.2, 0) is 9.53 Å². The highest BCUT2D eigenvalue weighted by molar-refractivity contribution is 7.22. The number of morpholine rings is 1. The number of hydrogen-bond donors (Lipinski definition) is 0. The Bertz CT molecular complexity index is 1500. The van der Waals surface area contributed by atoms with E-state index in [4.69, 9.17) is 26.3 Å². The number of rotatable bonds is 5. The minimum atomic E-state index is -0.492. The lowest BCUT2D eigenvalue weighted by molar-refractivity contribution is -0.116. The Labute approximate surface area is 221 Å². The first-order valence-electron chi connectivity index (χ1n) is 12.1. The zero-order valence-electron chi connectivity index (χ0n) is 20.6. The molecule has 0 radical (unpaired) electrons. The van der Waals surface area contributed by atoms with Crippen molar-refractivity contribution in [2.45, 2.75) is 44.9 Å². The first-order valence-corrected chi connectivity index (χ1v) is 13.3. The second kappa shape index (κ2) is 9.30. The minimum Gasteiger partial charge on any atom is -0.367 e. The van der Waals surface area contributed by atoms with Gasteiger partial charge in [0.15, 0.2) is 10.8 Å². The lowest BCUT2D eigenvalue weighted by atomic mass is 10.1. The SMILES string of the molecule is CC(=O)N(C)c1nc2nc(N3C[C@@H](C)O[C@@H](c4cnn(C5CC5)c4)C3)nc(-c3ccc(Cl)cc3F)c2s1. The van der Waals surface area contributed by atoms with Crippen LogP contribution in [0, 0.1) is 5.82 Å². The highest BCUT2D eigenvalue weighted by Crippen LogP contribution is 2.39. The van der Waals surface area contributed by atoms with Gasteiger partial charge in [-0.05, 0) is 38.0 Å². The van der Waals surface area contributed by atoms with Gasteiger partial charge in [-0.15, -0.1) is 0 Å². The van der Waals surface area contributed by atoms with Crippen molar-refractivity contribution < 1.29 is 13.9 Å². The fourth-order valence-corrected chi connectivity index (χ4v) is 5.62. The van der Waals surface area contributed by atoms with E-state index in [-0.39, 0.29) is 18.1 Å². The van der Waals surface area contributed by atoms with Crippen molar-refractivity contribution in [2.75, 3.05) is 29.9 Å². The van der Waals surface area contributed by atoms with E-state index in [0.717, 1.165) is 18.4 Å². The Morgan fingerprint density at radius 2 is 2.05 bits per heavy atom. The molecule has 192 valence electrons. The van der Waals surface area contributed by atoms with Crippen LogP contribution in [0.4, 0.5) is 15.5 Å². The maximum Gasteiger partial charge on any atom is 0.228 e. The maximum absolute atomic E-state index is 15.1. The van der Waals surface area contributed by atoms with Crippen molar-refractivity contribution in [3.63, 3.8) is 0 Å². The molecule has 9 nitrogen and oxygen atoms in total. The van der Waals surface area contributed by atoms with E-state index in [1.807, 2.05) is 22.7 Å². The fraction of sp³-hybridized carbons (Fsp3) is 0.400. The van der Waals surface area contributed by atoms with E-state index in [2.05, 4.69) is 16.3 Å². The number of hydrogen-bond acceptors (Lipinski definition) is 8. The van der Waals surface area contributed by atoms with Gasteiger partial charge >= 0.3 is 0 Å². The van der Waals surface area contributed by atoms with E-state index in [9.17, 15) is 4.79 Å². The molecule has 3 aromatic heterocycles. The van der Waals surface area contributed by atoms with Gasteiger partial charge in [-0.1, -0.05) is 22.9 Å². The lowest BCUT2D eigenvalue weighted by Crippen LogP contribution is -2.43. The molecular weight excluding hydrogens is 517 g/mol. The molecule has 2 aliphatic rings. The van der Waals surface area contributed by atoms with Crippen molar-refractivity contribution in [3.05, 3.63) is 47.0 Å². The molecule has 4 aromatic rings. The highest BCUT2D eigenvalue weighted by Gasteiger charge is 2.32. The highest BCUT2D eigenvalue weighted by atomic mass is 35.5. The molecule has 12 heteroatoms. The number of carbonyl (C=O) groups excluding carboxylic acids is 1. The van der Waals surface area contributed by atoms with Crippen LogP contribution in [-0.4, -0.2) is 56.9 Å². The van der Waals surface area contributed by atoms with Gasteiger partial charge in [0.1, 0.15) is 16.6 Å². The molecule has 1 saturated carbocycles. The van der Waals surface area contributed by atoms with E-state index in [1.165, 1.54) is 29.2 Å². The summed E-state index contributed by atoms with van der Waals surface area (Å²) in [4.78, 5) is 29.7. The van der Waals surface area contributed by atoms with Gasteiger partial charge in [-0.3, -0.25) is 14.4 Å². The molecule has 0 unspecified atom stereocenters. The standard InChI is InChI=1S/C25H25ClFN7O2S/c1-13-10-33(12-20(36-13)15-9-28-34(11-15)17-5-6-17)24-29-21(18-7-4-16(26)8-19(18)27)22-23(30-24)31-25(37-22)32(3)14(2)35/h4,7-9,11,13,17,20H,5-6,10,12H2,1-3H3/t13-,20-/m1/s1. The molecule has 1 aromatic carbocycles. The largest absolute Gasteiger partial charge is 0.367 e. The predicted molar refractivity (Wildman–Crippen MR) is 141 cm³/mol. The predicted octanol–water partition coefficient (Wildman–Crippen LogP) is 5.03. The van der Waals surface area contributed by atoms with Crippen molar-refractivity contribution in [1.82, 2.24) is 24.7 Å². The van der Waals surface area contributed by atoms with Gasteiger partial charge in [0.05, 0.1) is 30.6 Å². The van der Waals surface area contributed by atoms with E-state index < -0.39 is 5.82 Å². The molecule has 6 rings (SSSR count). The van der Waals surface area contributed by atoms with E-state index in [0.29, 0.717) is 56.8 Å². The average molecular weight is 542 g/mol. The monoisotopic (exact) mass is 541 g/mol. The number of halogens is 2. The van der Waals surface area contributed by atoms with Gasteiger partial charge < -0.3 is 9.64 Å². The summed E-state index contributed by atoms with van der Waals surface area (Å²) < 4.78 is 23.9. The van der Waals surface area contributed by atoms with Gasteiger partial charge in [-0.25, -0.2) is 9.37 Å². The third-order valence-corrected chi connectivity index (χ3v) is 8.00. The quantitative estimate of drug-likeness (QED) is 0.350. The number of benzene rings is 1. The molecule has 4 heterocycles. The van der Waals surface area contributed by atoms with Crippen LogP contribution in [0.1, 0.15) is 44.4 Å². The van der Waals surface area contributed by atoms with Crippen LogP contribution < -0.4 is 9.80 Å². The number of anilines is 2. The van der Waals surface area contributed by atoms with Crippen LogP contribution in [0.3, 0.4) is 0 Å². The summed E-state index contributed by atoms with van der Waals surface area (Å²) in [5.74, 6) is -0.231. The number of nitrogens with zero attached hydrogens (tertiary/aromatic N) is 7. The van der Waals surface area contributed by atoms with Gasteiger partial charge in [-0.2, -0.15) is 15.1 Å². The van der Waals surface area contributed by atoms with Gasteiger partial charge in [0.25, 0.3) is 0 Å². The van der Waals surface area contributed by atoms with Crippen molar-refractivity contribution >= 4 is 50.3 Å². The summed E-state index contributed by atoms with van der Waals surface area (Å²) in [5.41, 5.74) is 2.11. The van der Waals surface area contributed by atoms with E-state index in [1.54, 1.807) is 19.2 Å². The summed E-state index contributed by atoms with van der Waals surface area (Å²) in [6.45, 7) is 4.54. The summed E-state index contributed by atoms with van der Waals surface area (Å²) >= 11 is 7.26. The van der Waals surface area contributed by atoms with Gasteiger partial charge in [0.2, 0.25) is 11.9 Å². The molecule has 1 amide bonds. The second-order valence-corrected chi connectivity index (χ2v) is 11.0. The molecule has 1 saturated heterocycles. The third kappa shape index (κ3) is 4.67. The number of ether oxygens (including phenoxy) is 1. The molecule has 1 aliphatic heterocycles. The van der Waals surface area contributed by atoms with E-state index >= 15 is 4.39 Å². The molecule has 37 heavy (non-hydrogen) atoms. The van der Waals surface area contributed by atoms with Crippen LogP contribution in [0.2, 0.25) is 5.02 Å². The normalized spacial score (nSPS) is 20.0. The van der Waals surface area contributed by atoms with Crippen molar-refractivity contribution in [3.8, 4) is 11.3 Å². The number of thiazole rings is 1. The lowest BCUT2D eigenvalue weighted by Gasteiger charge is -2.36. The Balaban J connectivity index is 1.42. The van der Waals surface area contributed by atoms with Crippen molar-refractivity contribution in [2.24, 2.45) is 0 Å². The molecule has 0 bridgehead atoms. The summed E-state index contributed by atoms with van der Waals surface area (Å²) in [7, 11) is 1.65. The fourth-order valence-electron chi connectivity index (χ4n) is 4.44. The number of fused-ring (bicyclic) bond motifs is 1. The Kier molecular flexibility index (Phi) is 6.09. The average Bonchev–Trinajstić information content (AvgIpc) is 3.42. The number of amides is 1. The van der Waals surface area contributed by atoms with Crippen LogP contribution in [0.25, 0.3) is 21.6 Å². The summed E-state index contributed by atoms with van der Waals surface area (Å²) in [6.07, 6.45) is 5.93. The maximum atomic E-state index is 15.1. The molecule has 2 atom stereocenters. The molecule has 1 aliphatic carbocycles. The zero-order chi connectivity index (χ0) is 25.8. The molecular formula is C25H25ClFN7O2S. The molecule has 0 spiro atoms. The molecule has 2 fully saturated rings. The number of carbonyl (C=O) groups is 1. The van der Waals surface area contributed by atoms with Gasteiger partial charge in [0, 0.05) is 42.9 Å². The minimum absolute atomic E-state index is 0.0899.